The number of rotatable bonds is 6. The number of carbonyl (C=O) groups is 1. The number of fused-ring (bicyclic) bond motifs is 1. The van der Waals surface area contributed by atoms with Crippen molar-refractivity contribution < 1.29 is 4.79 Å². The third-order valence-corrected chi connectivity index (χ3v) is 3.15. The smallest absolute Gasteiger partial charge is 0.221 e. The fourth-order valence-electron chi connectivity index (χ4n) is 2.00. The Balaban J connectivity index is 1.83. The molecule has 0 aliphatic rings. The molecule has 4 heteroatoms. The maximum Gasteiger partial charge on any atom is 0.221 e. The number of carbonyl (C=O) groups excluding carboxylic acids is 1. The third-order valence-electron chi connectivity index (χ3n) is 3.15. The Morgan fingerprint density at radius 1 is 1.37 bits per heavy atom. The van der Waals surface area contributed by atoms with Crippen LogP contribution in [-0.4, -0.2) is 22.0 Å². The molecule has 0 saturated heterocycles. The fourth-order valence-corrected chi connectivity index (χ4v) is 2.00. The van der Waals surface area contributed by atoms with Crippen LogP contribution in [0.4, 0.5) is 0 Å². The van der Waals surface area contributed by atoms with E-state index in [1.54, 1.807) is 6.33 Å². The Kier molecular flexibility index (Phi) is 4.55. The molecule has 0 spiro atoms. The second kappa shape index (κ2) is 6.36. The summed E-state index contributed by atoms with van der Waals surface area (Å²) in [4.78, 5) is 16.0. The van der Waals surface area contributed by atoms with Crippen LogP contribution >= 0.6 is 0 Å². The summed E-state index contributed by atoms with van der Waals surface area (Å²) in [6, 6.07) is 7.97. The van der Waals surface area contributed by atoms with E-state index in [9.17, 15) is 4.79 Å². The van der Waals surface area contributed by atoms with Gasteiger partial charge in [-0.1, -0.05) is 26.0 Å². The van der Waals surface area contributed by atoms with Crippen molar-refractivity contribution in [3.8, 4) is 0 Å². The topological polar surface area (TPSA) is 46.9 Å². The van der Waals surface area contributed by atoms with Crippen LogP contribution in [0.3, 0.4) is 0 Å². The highest BCUT2D eigenvalue weighted by Crippen LogP contribution is 2.11. The van der Waals surface area contributed by atoms with Crippen LogP contribution in [0.5, 0.6) is 0 Å². The van der Waals surface area contributed by atoms with E-state index >= 15 is 0 Å². The minimum atomic E-state index is 0.110. The van der Waals surface area contributed by atoms with E-state index in [1.807, 2.05) is 28.8 Å². The molecule has 0 saturated carbocycles. The minimum absolute atomic E-state index is 0.110. The van der Waals surface area contributed by atoms with Gasteiger partial charge in [-0.05, 0) is 24.5 Å². The normalized spacial score (nSPS) is 11.1. The van der Waals surface area contributed by atoms with Crippen molar-refractivity contribution in [3.05, 3.63) is 30.6 Å². The van der Waals surface area contributed by atoms with Gasteiger partial charge in [0.15, 0.2) is 0 Å². The van der Waals surface area contributed by atoms with Gasteiger partial charge in [-0.25, -0.2) is 4.98 Å². The van der Waals surface area contributed by atoms with Crippen LogP contribution in [0.25, 0.3) is 11.0 Å². The molecule has 0 aliphatic carbocycles. The lowest BCUT2D eigenvalue weighted by Crippen LogP contribution is -2.26. The van der Waals surface area contributed by atoms with Gasteiger partial charge in [0.05, 0.1) is 17.4 Å². The Morgan fingerprint density at radius 2 is 2.16 bits per heavy atom. The number of aryl methyl sites for hydroxylation is 1. The Hall–Kier alpha value is -1.84. The highest BCUT2D eigenvalue weighted by molar-refractivity contribution is 5.77. The Morgan fingerprint density at radius 3 is 2.95 bits per heavy atom. The lowest BCUT2D eigenvalue weighted by Gasteiger charge is -2.08. The van der Waals surface area contributed by atoms with Gasteiger partial charge in [0.2, 0.25) is 5.91 Å². The van der Waals surface area contributed by atoms with Gasteiger partial charge in [-0.15, -0.1) is 0 Å². The number of benzene rings is 1. The molecular weight excluding hydrogens is 238 g/mol. The first kappa shape index (κ1) is 13.6. The summed E-state index contributed by atoms with van der Waals surface area (Å²) < 4.78 is 2.03. The van der Waals surface area contributed by atoms with E-state index in [4.69, 9.17) is 0 Å². The standard InChI is InChI=1S/C15H21N3O/c1-12(2)7-9-16-15(19)8-10-18-11-17-13-5-3-4-6-14(13)18/h3-6,11-12H,7-10H2,1-2H3,(H,16,19). The second-order valence-corrected chi connectivity index (χ2v) is 5.21. The lowest BCUT2D eigenvalue weighted by molar-refractivity contribution is -0.121. The molecule has 0 radical (unpaired) electrons. The molecule has 2 rings (SSSR count). The minimum Gasteiger partial charge on any atom is -0.356 e. The summed E-state index contributed by atoms with van der Waals surface area (Å²) in [6.07, 6.45) is 3.32. The first-order valence-corrected chi connectivity index (χ1v) is 6.83. The van der Waals surface area contributed by atoms with E-state index in [0.29, 0.717) is 18.9 Å². The number of para-hydroxylation sites is 2. The monoisotopic (exact) mass is 259 g/mol. The number of imidazole rings is 1. The summed E-state index contributed by atoms with van der Waals surface area (Å²) in [5.74, 6) is 0.733. The van der Waals surface area contributed by atoms with Crippen molar-refractivity contribution in [1.29, 1.82) is 0 Å². The average molecular weight is 259 g/mol. The molecule has 0 atom stereocenters. The van der Waals surface area contributed by atoms with Gasteiger partial charge >= 0.3 is 0 Å². The number of nitrogens with zero attached hydrogens (tertiary/aromatic N) is 2. The van der Waals surface area contributed by atoms with Crippen LogP contribution in [0.15, 0.2) is 30.6 Å². The molecule has 4 nitrogen and oxygen atoms in total. The molecule has 1 aromatic heterocycles. The first-order valence-electron chi connectivity index (χ1n) is 6.83. The van der Waals surface area contributed by atoms with Crippen molar-refractivity contribution in [1.82, 2.24) is 14.9 Å². The molecule has 0 aliphatic heterocycles. The third kappa shape index (κ3) is 3.81. The molecule has 102 valence electrons. The maximum atomic E-state index is 11.7. The predicted molar refractivity (Wildman–Crippen MR) is 76.8 cm³/mol. The fraction of sp³-hybridized carbons (Fsp3) is 0.467. The van der Waals surface area contributed by atoms with Crippen molar-refractivity contribution in [3.63, 3.8) is 0 Å². The summed E-state index contributed by atoms with van der Waals surface area (Å²) in [6.45, 7) is 5.75. The molecule has 0 unspecified atom stereocenters. The van der Waals surface area contributed by atoms with Gasteiger partial charge in [0.1, 0.15) is 0 Å². The van der Waals surface area contributed by atoms with Gasteiger partial charge < -0.3 is 9.88 Å². The van der Waals surface area contributed by atoms with Gasteiger partial charge in [-0.3, -0.25) is 4.79 Å². The largest absolute Gasteiger partial charge is 0.356 e. The van der Waals surface area contributed by atoms with E-state index in [-0.39, 0.29) is 5.91 Å². The molecule has 1 N–H and O–H groups in total. The Bertz CT molecular complexity index is 545. The average Bonchev–Trinajstić information content (AvgIpc) is 2.79. The quantitative estimate of drug-likeness (QED) is 0.866. The highest BCUT2D eigenvalue weighted by Gasteiger charge is 2.05. The van der Waals surface area contributed by atoms with Gasteiger partial charge in [0.25, 0.3) is 0 Å². The van der Waals surface area contributed by atoms with Crippen LogP contribution in [0.1, 0.15) is 26.7 Å². The van der Waals surface area contributed by atoms with Gasteiger partial charge in [0, 0.05) is 19.5 Å². The van der Waals surface area contributed by atoms with E-state index in [1.165, 1.54) is 0 Å². The molecule has 2 aromatic rings. The zero-order chi connectivity index (χ0) is 13.7. The summed E-state index contributed by atoms with van der Waals surface area (Å²) in [5.41, 5.74) is 2.06. The number of hydrogen-bond acceptors (Lipinski definition) is 2. The highest BCUT2D eigenvalue weighted by atomic mass is 16.1. The predicted octanol–water partition coefficient (Wildman–Crippen LogP) is 2.59. The van der Waals surface area contributed by atoms with Crippen molar-refractivity contribution in [2.75, 3.05) is 6.54 Å². The number of hydrogen-bond donors (Lipinski definition) is 1. The molecule has 19 heavy (non-hydrogen) atoms. The summed E-state index contributed by atoms with van der Waals surface area (Å²) >= 11 is 0. The van der Waals surface area contributed by atoms with Crippen LogP contribution in [0, 0.1) is 5.92 Å². The molecule has 0 fully saturated rings. The molecule has 0 bridgehead atoms. The number of amides is 1. The first-order chi connectivity index (χ1) is 9.16. The van der Waals surface area contributed by atoms with Crippen LogP contribution < -0.4 is 5.32 Å². The van der Waals surface area contributed by atoms with Crippen molar-refractivity contribution in [2.45, 2.75) is 33.2 Å². The van der Waals surface area contributed by atoms with E-state index in [2.05, 4.69) is 24.1 Å². The van der Waals surface area contributed by atoms with Crippen molar-refractivity contribution >= 4 is 16.9 Å². The Labute approximate surface area is 113 Å². The molecule has 1 heterocycles. The lowest BCUT2D eigenvalue weighted by atomic mass is 10.1. The second-order valence-electron chi connectivity index (χ2n) is 5.21. The SMILES string of the molecule is CC(C)CCNC(=O)CCn1cnc2ccccc21. The van der Waals surface area contributed by atoms with Crippen LogP contribution in [0.2, 0.25) is 0 Å². The van der Waals surface area contributed by atoms with Crippen LogP contribution in [-0.2, 0) is 11.3 Å². The number of nitrogens with one attached hydrogen (secondary N) is 1. The maximum absolute atomic E-state index is 11.7. The molecular formula is C15H21N3O. The van der Waals surface area contributed by atoms with E-state index in [0.717, 1.165) is 24.0 Å². The van der Waals surface area contributed by atoms with Gasteiger partial charge in [-0.2, -0.15) is 0 Å². The number of aromatic nitrogens is 2. The molecule has 1 aromatic carbocycles. The molecule has 1 amide bonds. The van der Waals surface area contributed by atoms with Crippen molar-refractivity contribution in [2.24, 2.45) is 5.92 Å². The summed E-state index contributed by atoms with van der Waals surface area (Å²) in [7, 11) is 0. The zero-order valence-electron chi connectivity index (χ0n) is 11.6. The van der Waals surface area contributed by atoms with E-state index < -0.39 is 0 Å². The zero-order valence-corrected chi connectivity index (χ0v) is 11.6. The summed E-state index contributed by atoms with van der Waals surface area (Å²) in [5, 5.41) is 2.95.